The van der Waals surface area contributed by atoms with Crippen molar-refractivity contribution in [1.29, 1.82) is 0 Å². The van der Waals surface area contributed by atoms with E-state index in [4.69, 9.17) is 4.74 Å². The lowest BCUT2D eigenvalue weighted by Crippen LogP contribution is -2.63. The van der Waals surface area contributed by atoms with Gasteiger partial charge in [0.1, 0.15) is 0 Å². The van der Waals surface area contributed by atoms with Crippen molar-refractivity contribution in [3.05, 3.63) is 0 Å². The molecule has 0 aromatic rings. The van der Waals surface area contributed by atoms with Gasteiger partial charge in [0.25, 0.3) is 0 Å². The first kappa shape index (κ1) is 21.9. The highest BCUT2D eigenvalue weighted by molar-refractivity contribution is 14.0. The molecule has 142 valence electrons. The minimum atomic E-state index is -3.14. The van der Waals surface area contributed by atoms with E-state index in [9.17, 15) is 8.42 Å². The Morgan fingerprint density at radius 1 is 1.42 bits per heavy atom. The predicted molar refractivity (Wildman–Crippen MR) is 107 cm³/mol. The standard InChI is InChI=1S/C15H30N4O3S.HI/c1-15(2)12(9-13(15)22-4)18-14(16-3)17-10-11-7-6-8-19(11)23(5,20)21;/h11-13H,6-10H2,1-5H3,(H2,16,17,18);1H/t11-,12?,13?;/m1./s1. The minimum absolute atomic E-state index is 0. The Hall–Kier alpha value is -0.130. The Bertz CT molecular complexity index is 553. The smallest absolute Gasteiger partial charge is 0.211 e. The highest BCUT2D eigenvalue weighted by Crippen LogP contribution is 2.42. The van der Waals surface area contributed by atoms with Crippen LogP contribution >= 0.6 is 24.0 Å². The molecule has 7 nitrogen and oxygen atoms in total. The Morgan fingerprint density at radius 3 is 2.58 bits per heavy atom. The second kappa shape index (κ2) is 8.50. The molecule has 0 radical (unpaired) electrons. The van der Waals surface area contributed by atoms with E-state index in [1.165, 1.54) is 6.26 Å². The third kappa shape index (κ3) is 4.73. The topological polar surface area (TPSA) is 83.0 Å². The van der Waals surface area contributed by atoms with Gasteiger partial charge in [-0.3, -0.25) is 4.99 Å². The lowest BCUT2D eigenvalue weighted by Gasteiger charge is -2.51. The molecule has 2 aliphatic rings. The Labute approximate surface area is 163 Å². The van der Waals surface area contributed by atoms with Gasteiger partial charge < -0.3 is 15.4 Å². The number of hydrogen-bond acceptors (Lipinski definition) is 4. The van der Waals surface area contributed by atoms with Crippen LogP contribution in [0.1, 0.15) is 33.1 Å². The summed E-state index contributed by atoms with van der Waals surface area (Å²) in [6, 6.07) is 0.304. The fourth-order valence-corrected chi connectivity index (χ4v) is 4.74. The minimum Gasteiger partial charge on any atom is -0.381 e. The third-order valence-corrected chi connectivity index (χ3v) is 6.58. The van der Waals surface area contributed by atoms with E-state index in [-0.39, 0.29) is 41.5 Å². The number of hydrogen-bond donors (Lipinski definition) is 2. The zero-order valence-electron chi connectivity index (χ0n) is 15.2. The molecule has 1 heterocycles. The number of nitrogens with one attached hydrogen (secondary N) is 2. The van der Waals surface area contributed by atoms with E-state index in [0.717, 1.165) is 25.2 Å². The van der Waals surface area contributed by atoms with Gasteiger partial charge in [-0.1, -0.05) is 13.8 Å². The molecule has 0 bridgehead atoms. The molecule has 0 spiro atoms. The fraction of sp³-hybridized carbons (Fsp3) is 0.933. The van der Waals surface area contributed by atoms with Crippen LogP contribution in [0.4, 0.5) is 0 Å². The number of guanidine groups is 1. The summed E-state index contributed by atoms with van der Waals surface area (Å²) in [6.45, 7) is 5.55. The van der Waals surface area contributed by atoms with Gasteiger partial charge in [0.05, 0.1) is 12.4 Å². The van der Waals surface area contributed by atoms with Gasteiger partial charge >= 0.3 is 0 Å². The van der Waals surface area contributed by atoms with Crippen LogP contribution in [-0.2, 0) is 14.8 Å². The molecule has 1 aliphatic heterocycles. The first-order valence-corrected chi connectivity index (χ1v) is 10.0. The summed E-state index contributed by atoms with van der Waals surface area (Å²) in [5.41, 5.74) is 0.0541. The third-order valence-electron chi connectivity index (χ3n) is 5.25. The van der Waals surface area contributed by atoms with Gasteiger partial charge in [-0.2, -0.15) is 4.31 Å². The molecule has 0 aromatic carbocycles. The number of halogens is 1. The molecule has 2 N–H and O–H groups in total. The summed E-state index contributed by atoms with van der Waals surface area (Å²) in [6.07, 6.45) is 4.28. The van der Waals surface area contributed by atoms with E-state index >= 15 is 0 Å². The maximum absolute atomic E-state index is 11.8. The number of ether oxygens (including phenoxy) is 1. The van der Waals surface area contributed by atoms with Crippen molar-refractivity contribution in [2.75, 3.05) is 33.5 Å². The molecule has 1 saturated heterocycles. The maximum Gasteiger partial charge on any atom is 0.211 e. The second-order valence-electron chi connectivity index (χ2n) is 7.10. The van der Waals surface area contributed by atoms with E-state index < -0.39 is 10.0 Å². The Kier molecular flexibility index (Phi) is 7.76. The van der Waals surface area contributed by atoms with Gasteiger partial charge in [-0.15, -0.1) is 24.0 Å². The van der Waals surface area contributed by atoms with E-state index in [2.05, 4.69) is 29.5 Å². The van der Waals surface area contributed by atoms with Crippen molar-refractivity contribution in [2.24, 2.45) is 10.4 Å². The normalized spacial score (nSPS) is 30.4. The highest BCUT2D eigenvalue weighted by Gasteiger charge is 2.49. The average molecular weight is 474 g/mol. The van der Waals surface area contributed by atoms with Crippen molar-refractivity contribution >= 4 is 40.0 Å². The van der Waals surface area contributed by atoms with Crippen LogP contribution in [0.5, 0.6) is 0 Å². The van der Waals surface area contributed by atoms with Gasteiger partial charge in [0.2, 0.25) is 10.0 Å². The van der Waals surface area contributed by atoms with Gasteiger partial charge in [0, 0.05) is 44.7 Å². The molecule has 2 unspecified atom stereocenters. The molecule has 0 aromatic heterocycles. The van der Waals surface area contributed by atoms with Crippen molar-refractivity contribution in [1.82, 2.24) is 14.9 Å². The van der Waals surface area contributed by atoms with Crippen molar-refractivity contribution in [3.8, 4) is 0 Å². The van der Waals surface area contributed by atoms with E-state index in [1.54, 1.807) is 18.5 Å². The summed E-state index contributed by atoms with van der Waals surface area (Å²) in [4.78, 5) is 4.26. The lowest BCUT2D eigenvalue weighted by molar-refractivity contribution is -0.0922. The van der Waals surface area contributed by atoms with Crippen LogP contribution in [-0.4, -0.2) is 70.4 Å². The summed E-state index contributed by atoms with van der Waals surface area (Å²) < 4.78 is 30.6. The maximum atomic E-state index is 11.8. The van der Waals surface area contributed by atoms with Crippen LogP contribution < -0.4 is 10.6 Å². The van der Waals surface area contributed by atoms with Crippen molar-refractivity contribution in [2.45, 2.75) is 51.3 Å². The first-order valence-electron chi connectivity index (χ1n) is 8.17. The molecule has 3 atom stereocenters. The number of aliphatic imine (C=N–C) groups is 1. The molecule has 0 amide bonds. The predicted octanol–water partition coefficient (Wildman–Crippen LogP) is 1.01. The first-order chi connectivity index (χ1) is 10.7. The monoisotopic (exact) mass is 474 g/mol. The Morgan fingerprint density at radius 2 is 2.08 bits per heavy atom. The summed E-state index contributed by atoms with van der Waals surface area (Å²) in [7, 11) is 0.344. The summed E-state index contributed by atoms with van der Waals surface area (Å²) in [5.74, 6) is 0.720. The van der Waals surface area contributed by atoms with Crippen molar-refractivity contribution < 1.29 is 13.2 Å². The molecular formula is C15H31IN4O3S. The largest absolute Gasteiger partial charge is 0.381 e. The molecule has 2 fully saturated rings. The molecule has 1 saturated carbocycles. The highest BCUT2D eigenvalue weighted by atomic mass is 127. The zero-order valence-corrected chi connectivity index (χ0v) is 18.4. The fourth-order valence-electron chi connectivity index (χ4n) is 3.55. The number of sulfonamides is 1. The summed E-state index contributed by atoms with van der Waals surface area (Å²) >= 11 is 0. The van der Waals surface area contributed by atoms with Gasteiger partial charge in [-0.25, -0.2) is 8.42 Å². The lowest BCUT2D eigenvalue weighted by atomic mass is 9.64. The molecule has 1 aliphatic carbocycles. The van der Waals surface area contributed by atoms with Crippen LogP contribution in [0.15, 0.2) is 4.99 Å². The van der Waals surface area contributed by atoms with Gasteiger partial charge in [-0.05, 0) is 19.3 Å². The van der Waals surface area contributed by atoms with Crippen LogP contribution in [0.2, 0.25) is 0 Å². The number of methoxy groups -OCH3 is 1. The van der Waals surface area contributed by atoms with Crippen LogP contribution in [0, 0.1) is 5.41 Å². The number of nitrogens with zero attached hydrogens (tertiary/aromatic N) is 2. The Balaban J connectivity index is 0.00000288. The second-order valence-corrected chi connectivity index (χ2v) is 9.04. The van der Waals surface area contributed by atoms with Gasteiger partial charge in [0.15, 0.2) is 5.96 Å². The quantitative estimate of drug-likeness (QED) is 0.353. The SMILES string of the molecule is CN=C(NC[C@H]1CCCN1S(C)(=O)=O)NC1CC(OC)C1(C)C.I. The zero-order chi connectivity index (χ0) is 17.3. The molecular weight excluding hydrogens is 443 g/mol. The summed E-state index contributed by atoms with van der Waals surface area (Å²) in [5, 5.41) is 6.70. The molecule has 24 heavy (non-hydrogen) atoms. The van der Waals surface area contributed by atoms with Crippen LogP contribution in [0.3, 0.4) is 0 Å². The van der Waals surface area contributed by atoms with E-state index in [1.807, 2.05) is 0 Å². The van der Waals surface area contributed by atoms with Crippen molar-refractivity contribution in [3.63, 3.8) is 0 Å². The average Bonchev–Trinajstić information content (AvgIpc) is 2.94. The number of rotatable bonds is 5. The van der Waals surface area contributed by atoms with Crippen LogP contribution in [0.25, 0.3) is 0 Å². The van der Waals surface area contributed by atoms with E-state index in [0.29, 0.717) is 19.1 Å². The molecule has 2 rings (SSSR count). The molecule has 9 heteroatoms.